The highest BCUT2D eigenvalue weighted by Crippen LogP contribution is 2.51. The van der Waals surface area contributed by atoms with Crippen LogP contribution in [0.5, 0.6) is 0 Å². The number of hydrogen-bond acceptors (Lipinski definition) is 1. The molecule has 0 N–H and O–H groups in total. The molecule has 11 rings (SSSR count). The Morgan fingerprint density at radius 1 is 0.474 bits per heavy atom. The third kappa shape index (κ3) is 5.39. The molecule has 3 aliphatic carbocycles. The predicted octanol–water partition coefficient (Wildman–Crippen LogP) is 14.4. The number of fused-ring (bicyclic) bond motifs is 7. The summed E-state index contributed by atoms with van der Waals surface area (Å²) in [5, 5.41) is 2.51. The average molecular weight is 731 g/mol. The minimum absolute atomic E-state index is 0.0816. The summed E-state index contributed by atoms with van der Waals surface area (Å²) in [6, 6.07) is 60.5. The number of anilines is 2. The zero-order valence-electron chi connectivity index (χ0n) is 32.2. The minimum Gasteiger partial charge on any atom is -0.314 e. The fraction of sp³-hybridized carbons (Fsp3) is 0.0909. The van der Waals surface area contributed by atoms with E-state index in [2.05, 4.69) is 230 Å². The molecule has 0 saturated carbocycles. The Morgan fingerprint density at radius 2 is 1.11 bits per heavy atom. The first-order chi connectivity index (χ1) is 28.0. The smallest absolute Gasteiger partial charge is 0.0541 e. The normalized spacial score (nSPS) is 17.3. The van der Waals surface area contributed by atoms with E-state index in [1.54, 1.807) is 0 Å². The molecule has 1 aromatic heterocycles. The van der Waals surface area contributed by atoms with Crippen LogP contribution in [0.2, 0.25) is 0 Å². The van der Waals surface area contributed by atoms with E-state index in [1.807, 2.05) is 0 Å². The summed E-state index contributed by atoms with van der Waals surface area (Å²) < 4.78 is 2.40. The largest absolute Gasteiger partial charge is 0.314 e. The van der Waals surface area contributed by atoms with Gasteiger partial charge in [0.2, 0.25) is 0 Å². The minimum atomic E-state index is -0.0816. The van der Waals surface area contributed by atoms with E-state index in [-0.39, 0.29) is 11.3 Å². The lowest BCUT2D eigenvalue weighted by molar-refractivity contribution is 0.612. The standard InChI is InChI=1S/C55H42N2/c1-55(2)50-20-10-8-18-46(50)47-33-32-44(36-51(47)55)56(52-22-12-16-40-15-6-7-17-45(40)52)42-28-25-39(26-29-42)41-27-34-54-49(35-41)48-19-9-11-21-53(48)57(54)43-30-23-38(24-31-43)37-13-4-3-5-14-37/h3-36,40,45H,1-2H3. The van der Waals surface area contributed by atoms with E-state index in [0.29, 0.717) is 5.92 Å². The van der Waals surface area contributed by atoms with Crippen molar-refractivity contribution in [1.82, 2.24) is 4.57 Å². The van der Waals surface area contributed by atoms with Crippen molar-refractivity contribution in [2.75, 3.05) is 4.90 Å². The Kier molecular flexibility index (Phi) is 7.69. The van der Waals surface area contributed by atoms with Gasteiger partial charge in [0.05, 0.1) is 11.0 Å². The van der Waals surface area contributed by atoms with Crippen LogP contribution in [-0.2, 0) is 5.41 Å². The Balaban J connectivity index is 0.987. The first-order valence-electron chi connectivity index (χ1n) is 20.1. The van der Waals surface area contributed by atoms with Crippen LogP contribution in [0, 0.1) is 11.8 Å². The Labute approximate surface area is 334 Å². The molecule has 0 bridgehead atoms. The Bertz CT molecular complexity index is 2970. The second-order valence-electron chi connectivity index (χ2n) is 16.1. The summed E-state index contributed by atoms with van der Waals surface area (Å²) in [6.07, 6.45) is 15.9. The highest BCUT2D eigenvalue weighted by molar-refractivity contribution is 6.10. The molecule has 0 spiro atoms. The third-order valence-electron chi connectivity index (χ3n) is 12.6. The van der Waals surface area contributed by atoms with Crippen LogP contribution in [0.15, 0.2) is 212 Å². The van der Waals surface area contributed by atoms with Gasteiger partial charge in [0.1, 0.15) is 0 Å². The Morgan fingerprint density at radius 3 is 1.96 bits per heavy atom. The quantitative estimate of drug-likeness (QED) is 0.165. The van der Waals surface area contributed by atoms with Gasteiger partial charge in [-0.15, -0.1) is 0 Å². The van der Waals surface area contributed by atoms with Crippen molar-refractivity contribution in [2.24, 2.45) is 11.8 Å². The van der Waals surface area contributed by atoms with E-state index < -0.39 is 0 Å². The number of para-hydroxylation sites is 1. The summed E-state index contributed by atoms with van der Waals surface area (Å²) in [6.45, 7) is 4.73. The summed E-state index contributed by atoms with van der Waals surface area (Å²) in [7, 11) is 0. The van der Waals surface area contributed by atoms with Gasteiger partial charge < -0.3 is 9.47 Å². The molecule has 3 aliphatic rings. The molecule has 0 aliphatic heterocycles. The van der Waals surface area contributed by atoms with Crippen LogP contribution in [0.25, 0.3) is 60.9 Å². The fourth-order valence-corrected chi connectivity index (χ4v) is 9.67. The molecule has 2 heteroatoms. The number of nitrogens with zero attached hydrogens (tertiary/aromatic N) is 2. The maximum absolute atomic E-state index is 2.49. The molecule has 0 saturated heterocycles. The van der Waals surface area contributed by atoms with Crippen molar-refractivity contribution in [1.29, 1.82) is 0 Å². The van der Waals surface area contributed by atoms with Crippen LogP contribution < -0.4 is 4.90 Å². The van der Waals surface area contributed by atoms with Crippen molar-refractivity contribution in [3.63, 3.8) is 0 Å². The molecular weight excluding hydrogens is 689 g/mol. The van der Waals surface area contributed by atoms with E-state index in [1.165, 1.54) is 77.7 Å². The van der Waals surface area contributed by atoms with E-state index in [4.69, 9.17) is 0 Å². The lowest BCUT2D eigenvalue weighted by Crippen LogP contribution is -2.28. The zero-order chi connectivity index (χ0) is 38.1. The number of aromatic nitrogens is 1. The molecule has 57 heavy (non-hydrogen) atoms. The third-order valence-corrected chi connectivity index (χ3v) is 12.6. The molecule has 0 radical (unpaired) electrons. The van der Waals surface area contributed by atoms with E-state index >= 15 is 0 Å². The molecule has 8 aromatic rings. The van der Waals surface area contributed by atoms with Gasteiger partial charge in [0, 0.05) is 50.8 Å². The fourth-order valence-electron chi connectivity index (χ4n) is 9.67. The Hall–Kier alpha value is -6.90. The molecule has 7 aromatic carbocycles. The average Bonchev–Trinajstić information content (AvgIpc) is 3.72. The topological polar surface area (TPSA) is 8.17 Å². The second kappa shape index (κ2) is 13.1. The van der Waals surface area contributed by atoms with Gasteiger partial charge in [-0.2, -0.15) is 0 Å². The first-order valence-corrected chi connectivity index (χ1v) is 20.1. The van der Waals surface area contributed by atoms with E-state index in [9.17, 15) is 0 Å². The number of allylic oxidation sites excluding steroid dienone is 7. The number of benzene rings is 7. The highest BCUT2D eigenvalue weighted by Gasteiger charge is 2.36. The van der Waals surface area contributed by atoms with Crippen LogP contribution in [0.4, 0.5) is 11.4 Å². The van der Waals surface area contributed by atoms with Crippen molar-refractivity contribution >= 4 is 33.2 Å². The molecular formula is C55H42N2. The van der Waals surface area contributed by atoms with Crippen LogP contribution in [-0.4, -0.2) is 4.57 Å². The van der Waals surface area contributed by atoms with Gasteiger partial charge in [0.25, 0.3) is 0 Å². The second-order valence-corrected chi connectivity index (χ2v) is 16.1. The van der Waals surface area contributed by atoms with Crippen molar-refractivity contribution in [3.8, 4) is 39.1 Å². The monoisotopic (exact) mass is 730 g/mol. The molecule has 1 heterocycles. The lowest BCUT2D eigenvalue weighted by atomic mass is 9.81. The van der Waals surface area contributed by atoms with Gasteiger partial charge in [0.15, 0.2) is 0 Å². The zero-order valence-corrected chi connectivity index (χ0v) is 32.2. The van der Waals surface area contributed by atoms with Gasteiger partial charge in [-0.1, -0.05) is 159 Å². The molecule has 2 atom stereocenters. The van der Waals surface area contributed by atoms with Crippen molar-refractivity contribution in [2.45, 2.75) is 19.3 Å². The van der Waals surface area contributed by atoms with Crippen LogP contribution in [0.3, 0.4) is 0 Å². The van der Waals surface area contributed by atoms with Gasteiger partial charge in [-0.3, -0.25) is 0 Å². The molecule has 272 valence electrons. The summed E-state index contributed by atoms with van der Waals surface area (Å²) >= 11 is 0. The summed E-state index contributed by atoms with van der Waals surface area (Å²) in [5.41, 5.74) is 17.5. The van der Waals surface area contributed by atoms with E-state index in [0.717, 1.165) is 11.4 Å². The molecule has 0 amide bonds. The maximum Gasteiger partial charge on any atom is 0.0541 e. The first kappa shape index (κ1) is 33.4. The number of rotatable bonds is 6. The molecule has 2 unspecified atom stereocenters. The van der Waals surface area contributed by atoms with Crippen molar-refractivity contribution < 1.29 is 0 Å². The summed E-state index contributed by atoms with van der Waals surface area (Å²) in [4.78, 5) is 2.49. The van der Waals surface area contributed by atoms with Gasteiger partial charge >= 0.3 is 0 Å². The SMILES string of the molecule is CC1(C)c2ccccc2-c2ccc(N(C3=CC=CC4C=CC=CC34)c3ccc(-c4ccc5c(c4)c4ccccc4n5-c4ccc(-c5ccccc5)cc4)cc3)cc21. The molecule has 2 nitrogen and oxygen atoms in total. The van der Waals surface area contributed by atoms with Crippen LogP contribution in [0.1, 0.15) is 25.0 Å². The van der Waals surface area contributed by atoms with Gasteiger partial charge in [-0.25, -0.2) is 0 Å². The maximum atomic E-state index is 2.49. The lowest BCUT2D eigenvalue weighted by Gasteiger charge is -2.36. The van der Waals surface area contributed by atoms with Gasteiger partial charge in [-0.05, 0) is 105 Å². The molecule has 0 fully saturated rings. The predicted molar refractivity (Wildman–Crippen MR) is 240 cm³/mol. The van der Waals surface area contributed by atoms with Crippen molar-refractivity contribution in [3.05, 3.63) is 223 Å². The summed E-state index contributed by atoms with van der Waals surface area (Å²) in [5.74, 6) is 0.593. The number of hydrogen-bond donors (Lipinski definition) is 0. The van der Waals surface area contributed by atoms with Crippen LogP contribution >= 0.6 is 0 Å². The highest BCUT2D eigenvalue weighted by atomic mass is 15.2.